The number of aromatic carboxylic acids is 1. The van der Waals surface area contributed by atoms with Crippen molar-refractivity contribution in [2.45, 2.75) is 18.4 Å². The van der Waals surface area contributed by atoms with Crippen LogP contribution in [0, 0.1) is 5.92 Å². The van der Waals surface area contributed by atoms with Crippen molar-refractivity contribution in [2.75, 3.05) is 5.32 Å². The fraction of sp³-hybridized carbons (Fsp3) is 0.174. The van der Waals surface area contributed by atoms with Gasteiger partial charge < -0.3 is 10.4 Å². The Bertz CT molecular complexity index is 1110. The van der Waals surface area contributed by atoms with Gasteiger partial charge in [-0.2, -0.15) is 0 Å². The first-order chi connectivity index (χ1) is 13.5. The maximum Gasteiger partial charge on any atom is 0.335 e. The number of halogens is 2. The van der Waals surface area contributed by atoms with E-state index in [0.29, 0.717) is 15.6 Å². The van der Waals surface area contributed by atoms with Crippen LogP contribution < -0.4 is 5.32 Å². The number of benzene rings is 3. The van der Waals surface area contributed by atoms with Crippen molar-refractivity contribution in [2.24, 2.45) is 5.92 Å². The molecule has 0 amide bonds. The smallest absolute Gasteiger partial charge is 0.335 e. The van der Waals surface area contributed by atoms with Crippen LogP contribution in [0.25, 0.3) is 0 Å². The van der Waals surface area contributed by atoms with E-state index in [4.69, 9.17) is 23.2 Å². The molecule has 2 aliphatic rings. The number of fused-ring (bicyclic) bond motifs is 5. The lowest BCUT2D eigenvalue weighted by atomic mass is 9.75. The van der Waals surface area contributed by atoms with E-state index in [9.17, 15) is 9.90 Å². The molecule has 0 radical (unpaired) electrons. The first kappa shape index (κ1) is 17.6. The normalized spacial score (nSPS) is 22.0. The van der Waals surface area contributed by atoms with Crippen LogP contribution in [0.4, 0.5) is 5.69 Å². The highest BCUT2D eigenvalue weighted by molar-refractivity contribution is 6.42. The van der Waals surface area contributed by atoms with Crippen LogP contribution in [0.3, 0.4) is 0 Å². The summed E-state index contributed by atoms with van der Waals surface area (Å²) in [5.74, 6) is -0.491. The van der Waals surface area contributed by atoms with Crippen LogP contribution in [0.5, 0.6) is 0 Å². The molecule has 3 aromatic rings. The number of nitrogens with one attached hydrogen (secondary N) is 1. The molecular weight excluding hydrogens is 393 g/mol. The molecule has 3 atom stereocenters. The average molecular weight is 410 g/mol. The summed E-state index contributed by atoms with van der Waals surface area (Å²) in [6, 6.07) is 19.6. The molecule has 1 aliphatic heterocycles. The average Bonchev–Trinajstić information content (AvgIpc) is 3.09. The molecule has 3 aromatic carbocycles. The third-order valence-corrected chi connectivity index (χ3v) is 6.69. The molecule has 0 fully saturated rings. The van der Waals surface area contributed by atoms with Gasteiger partial charge in [0.15, 0.2) is 0 Å². The van der Waals surface area contributed by atoms with Crippen LogP contribution in [0.2, 0.25) is 10.0 Å². The minimum atomic E-state index is -0.905. The van der Waals surface area contributed by atoms with E-state index in [1.54, 1.807) is 6.07 Å². The Kier molecular flexibility index (Phi) is 4.11. The molecule has 5 rings (SSSR count). The standard InChI is InChI=1S/C23H17Cl2NO2/c24-18-7-5-13(11-19(18)25)22-17-9-12-3-1-2-4-15(12)21(17)16-10-14(23(27)28)6-8-20(16)26-22/h1-8,10-11,17,21-22,26H,9H2,(H,27,28)/t17-,21-,22-/m0/s1. The first-order valence-electron chi connectivity index (χ1n) is 9.19. The molecule has 0 bridgehead atoms. The third kappa shape index (κ3) is 2.69. The highest BCUT2D eigenvalue weighted by Crippen LogP contribution is 2.54. The second-order valence-corrected chi connectivity index (χ2v) is 8.26. The maximum absolute atomic E-state index is 11.5. The van der Waals surface area contributed by atoms with Gasteiger partial charge in [-0.15, -0.1) is 0 Å². The van der Waals surface area contributed by atoms with Gasteiger partial charge in [-0.1, -0.05) is 53.5 Å². The summed E-state index contributed by atoms with van der Waals surface area (Å²) < 4.78 is 0. The summed E-state index contributed by atoms with van der Waals surface area (Å²) in [5.41, 5.74) is 6.02. The molecular formula is C23H17Cl2NO2. The molecule has 0 spiro atoms. The van der Waals surface area contributed by atoms with Crippen molar-refractivity contribution >= 4 is 34.9 Å². The third-order valence-electron chi connectivity index (χ3n) is 5.95. The van der Waals surface area contributed by atoms with E-state index >= 15 is 0 Å². The van der Waals surface area contributed by atoms with Crippen molar-refractivity contribution < 1.29 is 9.90 Å². The zero-order valence-electron chi connectivity index (χ0n) is 14.8. The van der Waals surface area contributed by atoms with E-state index in [0.717, 1.165) is 23.2 Å². The number of hydrogen-bond acceptors (Lipinski definition) is 2. The monoisotopic (exact) mass is 409 g/mol. The van der Waals surface area contributed by atoms with Crippen LogP contribution >= 0.6 is 23.2 Å². The molecule has 1 heterocycles. The van der Waals surface area contributed by atoms with Crippen molar-refractivity contribution in [3.05, 3.63) is 98.5 Å². The predicted molar refractivity (Wildman–Crippen MR) is 112 cm³/mol. The lowest BCUT2D eigenvalue weighted by Crippen LogP contribution is -2.30. The molecule has 0 unspecified atom stereocenters. The Morgan fingerprint density at radius 2 is 1.79 bits per heavy atom. The molecule has 0 aromatic heterocycles. The number of carbonyl (C=O) groups is 1. The van der Waals surface area contributed by atoms with E-state index < -0.39 is 5.97 Å². The molecule has 3 nitrogen and oxygen atoms in total. The van der Waals surface area contributed by atoms with Gasteiger partial charge >= 0.3 is 5.97 Å². The van der Waals surface area contributed by atoms with Crippen molar-refractivity contribution in [3.63, 3.8) is 0 Å². The van der Waals surface area contributed by atoms with Crippen LogP contribution in [0.15, 0.2) is 60.7 Å². The lowest BCUT2D eigenvalue weighted by Gasteiger charge is -2.38. The Labute approximate surface area is 172 Å². The Morgan fingerprint density at radius 1 is 0.964 bits per heavy atom. The molecule has 140 valence electrons. The molecule has 1 aliphatic carbocycles. The summed E-state index contributed by atoms with van der Waals surface area (Å²) >= 11 is 12.4. The Morgan fingerprint density at radius 3 is 2.57 bits per heavy atom. The summed E-state index contributed by atoms with van der Waals surface area (Å²) in [6.45, 7) is 0. The van der Waals surface area contributed by atoms with Gasteiger partial charge in [-0.3, -0.25) is 0 Å². The first-order valence-corrected chi connectivity index (χ1v) is 9.95. The van der Waals surface area contributed by atoms with E-state index in [1.165, 1.54) is 11.1 Å². The second kappa shape index (κ2) is 6.54. The number of hydrogen-bond donors (Lipinski definition) is 2. The second-order valence-electron chi connectivity index (χ2n) is 7.45. The summed E-state index contributed by atoms with van der Waals surface area (Å²) in [6.07, 6.45) is 0.926. The van der Waals surface area contributed by atoms with Gasteiger partial charge in [-0.25, -0.2) is 4.79 Å². The predicted octanol–water partition coefficient (Wildman–Crippen LogP) is 6.16. The summed E-state index contributed by atoms with van der Waals surface area (Å²) in [4.78, 5) is 11.5. The quantitative estimate of drug-likeness (QED) is 0.532. The van der Waals surface area contributed by atoms with E-state index in [1.807, 2.05) is 30.3 Å². The van der Waals surface area contributed by atoms with Crippen LogP contribution in [-0.2, 0) is 6.42 Å². The van der Waals surface area contributed by atoms with E-state index in [-0.39, 0.29) is 17.9 Å². The van der Waals surface area contributed by atoms with Gasteiger partial charge in [0, 0.05) is 11.6 Å². The Hall–Kier alpha value is -2.49. The lowest BCUT2D eigenvalue weighted by molar-refractivity contribution is 0.0696. The van der Waals surface area contributed by atoms with Gasteiger partial charge in [-0.05, 0) is 64.9 Å². The molecule has 0 saturated carbocycles. The number of carboxylic acids is 1. The van der Waals surface area contributed by atoms with E-state index in [2.05, 4.69) is 29.6 Å². The minimum absolute atomic E-state index is 0.0651. The number of anilines is 1. The van der Waals surface area contributed by atoms with Crippen molar-refractivity contribution in [3.8, 4) is 0 Å². The topological polar surface area (TPSA) is 49.3 Å². The zero-order chi connectivity index (χ0) is 19.4. The largest absolute Gasteiger partial charge is 0.478 e. The molecule has 5 heteroatoms. The zero-order valence-corrected chi connectivity index (χ0v) is 16.3. The SMILES string of the molecule is O=C(O)c1ccc2c(c1)[C@@H]1c3ccccc3C[C@@H]1[C@H](c1ccc(Cl)c(Cl)c1)N2. The number of rotatable bonds is 2. The molecule has 28 heavy (non-hydrogen) atoms. The minimum Gasteiger partial charge on any atom is -0.478 e. The van der Waals surface area contributed by atoms with Crippen LogP contribution in [0.1, 0.15) is 44.6 Å². The van der Waals surface area contributed by atoms with Gasteiger partial charge in [0.05, 0.1) is 21.7 Å². The van der Waals surface area contributed by atoms with Crippen molar-refractivity contribution in [1.29, 1.82) is 0 Å². The van der Waals surface area contributed by atoms with Gasteiger partial charge in [0.25, 0.3) is 0 Å². The van der Waals surface area contributed by atoms with Gasteiger partial charge in [0.2, 0.25) is 0 Å². The fourth-order valence-electron chi connectivity index (χ4n) is 4.73. The highest BCUT2D eigenvalue weighted by Gasteiger charge is 2.43. The Balaban J connectivity index is 1.68. The summed E-state index contributed by atoms with van der Waals surface area (Å²) in [7, 11) is 0. The fourth-order valence-corrected chi connectivity index (χ4v) is 5.04. The van der Waals surface area contributed by atoms with Crippen molar-refractivity contribution in [1.82, 2.24) is 0 Å². The summed E-state index contributed by atoms with van der Waals surface area (Å²) in [5, 5.41) is 14.2. The van der Waals surface area contributed by atoms with Gasteiger partial charge in [0.1, 0.15) is 0 Å². The molecule has 0 saturated heterocycles. The molecule has 2 N–H and O–H groups in total. The number of carboxylic acid groups (broad SMARTS) is 1. The highest BCUT2D eigenvalue weighted by atomic mass is 35.5. The van der Waals surface area contributed by atoms with Crippen LogP contribution in [-0.4, -0.2) is 11.1 Å². The maximum atomic E-state index is 11.5.